The second kappa shape index (κ2) is 6.20. The van der Waals surface area contributed by atoms with Crippen LogP contribution in [0.3, 0.4) is 0 Å². The number of oxazole rings is 1. The Morgan fingerprint density at radius 3 is 2.52 bits per heavy atom. The summed E-state index contributed by atoms with van der Waals surface area (Å²) < 4.78 is 12.8. The molecule has 0 saturated carbocycles. The third kappa shape index (κ3) is 2.99. The molecule has 0 radical (unpaired) electrons. The van der Waals surface area contributed by atoms with E-state index in [9.17, 15) is 4.79 Å². The van der Waals surface area contributed by atoms with Crippen LogP contribution in [0.4, 0.5) is 0 Å². The summed E-state index contributed by atoms with van der Waals surface area (Å²) in [6, 6.07) is 14.4. The predicted molar refractivity (Wildman–Crippen MR) is 89.2 cm³/mol. The molecular formula is C18H14N4O3. The van der Waals surface area contributed by atoms with Gasteiger partial charge in [0.05, 0.1) is 5.56 Å². The van der Waals surface area contributed by atoms with Crippen molar-refractivity contribution >= 4 is 17.1 Å². The summed E-state index contributed by atoms with van der Waals surface area (Å²) in [5.74, 6) is -0.0688. The topological polar surface area (TPSA) is 83.0 Å². The van der Waals surface area contributed by atoms with E-state index >= 15 is 0 Å². The molecule has 0 spiro atoms. The predicted octanol–water partition coefficient (Wildman–Crippen LogP) is 3.33. The molecule has 2 aromatic heterocycles. The van der Waals surface area contributed by atoms with Gasteiger partial charge in [-0.1, -0.05) is 12.1 Å². The SMILES string of the molecule is CC(OC(=O)c1ccc(-n2cnnc2)cc1)c1nc2ccccc2o1. The van der Waals surface area contributed by atoms with Crippen LogP contribution in [0, 0.1) is 0 Å². The minimum atomic E-state index is -0.586. The zero-order chi connectivity index (χ0) is 17.2. The number of esters is 1. The first kappa shape index (κ1) is 15.1. The van der Waals surface area contributed by atoms with Gasteiger partial charge in [0.15, 0.2) is 11.7 Å². The van der Waals surface area contributed by atoms with Crippen molar-refractivity contribution in [3.8, 4) is 5.69 Å². The minimum Gasteiger partial charge on any atom is -0.449 e. The van der Waals surface area contributed by atoms with E-state index in [1.807, 2.05) is 24.3 Å². The van der Waals surface area contributed by atoms with E-state index in [1.54, 1.807) is 48.4 Å². The Balaban J connectivity index is 1.49. The minimum absolute atomic E-state index is 0.371. The van der Waals surface area contributed by atoms with Gasteiger partial charge >= 0.3 is 5.97 Å². The number of hydrogen-bond donors (Lipinski definition) is 0. The number of para-hydroxylation sites is 2. The molecule has 2 aromatic carbocycles. The Labute approximate surface area is 142 Å². The average Bonchev–Trinajstić information content (AvgIpc) is 3.31. The second-order valence-electron chi connectivity index (χ2n) is 5.48. The van der Waals surface area contributed by atoms with Crippen molar-refractivity contribution in [2.24, 2.45) is 0 Å². The van der Waals surface area contributed by atoms with Crippen LogP contribution in [-0.4, -0.2) is 25.7 Å². The molecule has 2 heterocycles. The lowest BCUT2D eigenvalue weighted by Gasteiger charge is -2.10. The summed E-state index contributed by atoms with van der Waals surface area (Å²) in [6.45, 7) is 1.73. The molecule has 0 aliphatic heterocycles. The number of rotatable bonds is 4. The number of nitrogens with zero attached hydrogens (tertiary/aromatic N) is 4. The van der Waals surface area contributed by atoms with Crippen LogP contribution >= 0.6 is 0 Å². The number of carbonyl (C=O) groups excluding carboxylic acids is 1. The molecule has 0 amide bonds. The zero-order valence-electron chi connectivity index (χ0n) is 13.4. The van der Waals surface area contributed by atoms with Crippen molar-refractivity contribution in [2.75, 3.05) is 0 Å². The van der Waals surface area contributed by atoms with E-state index in [2.05, 4.69) is 15.2 Å². The van der Waals surface area contributed by atoms with E-state index in [-0.39, 0.29) is 0 Å². The Morgan fingerprint density at radius 1 is 1.08 bits per heavy atom. The highest BCUT2D eigenvalue weighted by Crippen LogP contribution is 2.23. The van der Waals surface area contributed by atoms with Crippen LogP contribution in [0.1, 0.15) is 29.3 Å². The van der Waals surface area contributed by atoms with E-state index in [0.29, 0.717) is 17.0 Å². The van der Waals surface area contributed by atoms with Crippen molar-refractivity contribution in [1.82, 2.24) is 19.7 Å². The van der Waals surface area contributed by atoms with E-state index < -0.39 is 12.1 Å². The lowest BCUT2D eigenvalue weighted by Crippen LogP contribution is -2.09. The summed E-state index contributed by atoms with van der Waals surface area (Å²) in [4.78, 5) is 16.7. The van der Waals surface area contributed by atoms with E-state index in [1.165, 1.54) is 0 Å². The fourth-order valence-electron chi connectivity index (χ4n) is 2.45. The number of ether oxygens (including phenoxy) is 1. The van der Waals surface area contributed by atoms with Crippen molar-refractivity contribution < 1.29 is 13.9 Å². The maximum atomic E-state index is 12.3. The van der Waals surface area contributed by atoms with Crippen molar-refractivity contribution in [2.45, 2.75) is 13.0 Å². The first-order valence-corrected chi connectivity index (χ1v) is 7.72. The molecule has 0 aliphatic carbocycles. The quantitative estimate of drug-likeness (QED) is 0.532. The molecule has 4 aromatic rings. The van der Waals surface area contributed by atoms with Crippen LogP contribution in [0.2, 0.25) is 0 Å². The molecule has 7 heteroatoms. The molecule has 124 valence electrons. The molecule has 4 rings (SSSR count). The van der Waals surface area contributed by atoms with E-state index in [4.69, 9.17) is 9.15 Å². The van der Waals surface area contributed by atoms with Crippen molar-refractivity contribution in [3.63, 3.8) is 0 Å². The highest BCUT2D eigenvalue weighted by molar-refractivity contribution is 5.89. The lowest BCUT2D eigenvalue weighted by atomic mass is 10.2. The Bertz CT molecular complexity index is 973. The average molecular weight is 334 g/mol. The molecule has 7 nitrogen and oxygen atoms in total. The fraction of sp³-hybridized carbons (Fsp3) is 0.111. The molecule has 0 bridgehead atoms. The molecule has 0 fully saturated rings. The van der Waals surface area contributed by atoms with Crippen LogP contribution in [0.15, 0.2) is 65.6 Å². The standard InChI is InChI=1S/C18H14N4O3/c1-12(17-21-15-4-2-3-5-16(15)25-17)24-18(23)13-6-8-14(9-7-13)22-10-19-20-11-22/h2-12H,1H3. The number of hydrogen-bond acceptors (Lipinski definition) is 6. The molecule has 0 N–H and O–H groups in total. The highest BCUT2D eigenvalue weighted by Gasteiger charge is 2.19. The number of fused-ring (bicyclic) bond motifs is 1. The van der Waals surface area contributed by atoms with Gasteiger partial charge < -0.3 is 9.15 Å². The second-order valence-corrected chi connectivity index (χ2v) is 5.48. The fourth-order valence-corrected chi connectivity index (χ4v) is 2.45. The third-order valence-corrected chi connectivity index (χ3v) is 3.76. The summed E-state index contributed by atoms with van der Waals surface area (Å²) in [6.07, 6.45) is 2.59. The van der Waals surface area contributed by atoms with Gasteiger partial charge in [-0.25, -0.2) is 9.78 Å². The lowest BCUT2D eigenvalue weighted by molar-refractivity contribution is 0.0282. The van der Waals surface area contributed by atoms with Crippen LogP contribution in [0.25, 0.3) is 16.8 Å². The molecule has 0 saturated heterocycles. The first-order valence-electron chi connectivity index (χ1n) is 7.72. The number of benzene rings is 2. The monoisotopic (exact) mass is 334 g/mol. The van der Waals surface area contributed by atoms with Gasteiger partial charge in [0, 0.05) is 5.69 Å². The van der Waals surface area contributed by atoms with Gasteiger partial charge in [-0.2, -0.15) is 0 Å². The van der Waals surface area contributed by atoms with Gasteiger partial charge in [0.2, 0.25) is 5.89 Å². The van der Waals surface area contributed by atoms with Gasteiger partial charge in [0.25, 0.3) is 0 Å². The maximum Gasteiger partial charge on any atom is 0.338 e. The Hall–Kier alpha value is -3.48. The third-order valence-electron chi connectivity index (χ3n) is 3.76. The van der Waals surface area contributed by atoms with Gasteiger partial charge in [-0.05, 0) is 43.3 Å². The number of aromatic nitrogens is 4. The summed E-state index contributed by atoms with van der Waals surface area (Å²) in [5.41, 5.74) is 2.70. The molecule has 25 heavy (non-hydrogen) atoms. The van der Waals surface area contributed by atoms with Crippen LogP contribution in [0.5, 0.6) is 0 Å². The molecule has 1 atom stereocenters. The maximum absolute atomic E-state index is 12.3. The van der Waals surface area contributed by atoms with Gasteiger partial charge in [0.1, 0.15) is 18.2 Å². The molecular weight excluding hydrogens is 320 g/mol. The zero-order valence-corrected chi connectivity index (χ0v) is 13.4. The van der Waals surface area contributed by atoms with Gasteiger partial charge in [-0.15, -0.1) is 10.2 Å². The van der Waals surface area contributed by atoms with Gasteiger partial charge in [-0.3, -0.25) is 4.57 Å². The summed E-state index contributed by atoms with van der Waals surface area (Å²) in [7, 11) is 0. The van der Waals surface area contributed by atoms with Crippen LogP contribution < -0.4 is 0 Å². The first-order chi connectivity index (χ1) is 12.2. The summed E-state index contributed by atoms with van der Waals surface area (Å²) >= 11 is 0. The summed E-state index contributed by atoms with van der Waals surface area (Å²) in [5, 5.41) is 7.50. The highest BCUT2D eigenvalue weighted by atomic mass is 16.6. The molecule has 0 aliphatic rings. The largest absolute Gasteiger partial charge is 0.449 e. The van der Waals surface area contributed by atoms with E-state index in [0.717, 1.165) is 11.2 Å². The Morgan fingerprint density at radius 2 is 1.80 bits per heavy atom. The van der Waals surface area contributed by atoms with Crippen LogP contribution in [-0.2, 0) is 4.74 Å². The Kier molecular flexibility index (Phi) is 3.74. The smallest absolute Gasteiger partial charge is 0.338 e. The van der Waals surface area contributed by atoms with Crippen molar-refractivity contribution in [3.05, 3.63) is 72.6 Å². The normalized spacial score (nSPS) is 12.2. The number of carbonyl (C=O) groups is 1. The molecule has 1 unspecified atom stereocenters. The van der Waals surface area contributed by atoms with Crippen molar-refractivity contribution in [1.29, 1.82) is 0 Å².